The van der Waals surface area contributed by atoms with E-state index >= 15 is 0 Å². The number of aliphatic hydroxyl groups is 4. The number of aliphatic hydroxyl groups excluding tert-OH is 4. The van der Waals surface area contributed by atoms with E-state index in [0.29, 0.717) is 0 Å². The number of carboxylic acid groups (broad SMARTS) is 1. The van der Waals surface area contributed by atoms with Crippen LogP contribution >= 0.6 is 0 Å². The second-order valence-electron chi connectivity index (χ2n) is 10.9. The second kappa shape index (κ2) is 14.5. The van der Waals surface area contributed by atoms with E-state index in [1.807, 2.05) is 0 Å². The van der Waals surface area contributed by atoms with Crippen molar-refractivity contribution >= 4 is 5.97 Å². The van der Waals surface area contributed by atoms with Crippen molar-refractivity contribution in [1.82, 2.24) is 24.5 Å². The van der Waals surface area contributed by atoms with E-state index in [-0.39, 0.29) is 18.3 Å². The summed E-state index contributed by atoms with van der Waals surface area (Å²) in [5.41, 5.74) is 4.39. The minimum atomic E-state index is -5.08. The average Bonchev–Trinajstić information content (AvgIpc) is 3.56. The standard InChI is InChI=1S/C23H34N6O9.C2HF3O2/c24-9-13-15(31)18(34)22(36-13)38-19(12-10-29(27-26-12)11-5-3-1-2-4-6-11)20-16(32)17(33)21(37-20)28-8-7-14(30)25-23(28)35;3-2(4,5)1(6)7/h7-8,10-11,13,15-22,31-34H,1-6,9,24H2,(H,25,30,35);(H,6,7)/t13-,15-,16+,17-,18-,19+,20+,21-,22+;/m1./s1. The number of carboxylic acids is 1. The molecule has 20 heteroatoms. The zero-order valence-corrected chi connectivity index (χ0v) is 23.6. The SMILES string of the molecule is NC[C@H]1O[C@@H](O[C@@H](c2cn(C3CCCCCC3)nn2)[C@H]2O[C@@H](n3ccc(=O)[nH]c3=O)[C@H](O)[C@@H]2O)[C@H](O)[C@@H]1O.O=C(O)C(F)(F)F. The lowest BCUT2D eigenvalue weighted by Gasteiger charge is -2.28. The Bertz CT molecular complexity index is 1400. The van der Waals surface area contributed by atoms with Crippen molar-refractivity contribution in [3.63, 3.8) is 0 Å². The number of H-pyrrole nitrogens is 1. The van der Waals surface area contributed by atoms with Gasteiger partial charge in [0.15, 0.2) is 12.5 Å². The van der Waals surface area contributed by atoms with Crippen LogP contribution in [0.1, 0.15) is 62.6 Å². The third kappa shape index (κ3) is 7.95. The first-order valence-corrected chi connectivity index (χ1v) is 14.1. The highest BCUT2D eigenvalue weighted by molar-refractivity contribution is 5.73. The number of hydrogen-bond acceptors (Lipinski definition) is 13. The normalized spacial score (nSPS) is 31.6. The quantitative estimate of drug-likeness (QED) is 0.167. The Morgan fingerprint density at radius 1 is 1.07 bits per heavy atom. The van der Waals surface area contributed by atoms with Gasteiger partial charge in [0.1, 0.15) is 48.4 Å². The molecule has 4 heterocycles. The van der Waals surface area contributed by atoms with Crippen LogP contribution in [0, 0.1) is 0 Å². The summed E-state index contributed by atoms with van der Waals surface area (Å²) in [5.74, 6) is -2.76. The van der Waals surface area contributed by atoms with E-state index < -0.39 is 78.6 Å². The molecule has 0 spiro atoms. The predicted molar refractivity (Wildman–Crippen MR) is 141 cm³/mol. The predicted octanol–water partition coefficient (Wildman–Crippen LogP) is -1.56. The third-order valence-electron chi connectivity index (χ3n) is 7.79. The van der Waals surface area contributed by atoms with E-state index in [0.717, 1.165) is 55.4 Å². The number of aromatic nitrogens is 5. The van der Waals surface area contributed by atoms with Crippen LogP contribution in [0.2, 0.25) is 0 Å². The number of aliphatic carboxylic acids is 1. The monoisotopic (exact) mass is 652 g/mol. The first-order valence-electron chi connectivity index (χ1n) is 14.1. The van der Waals surface area contributed by atoms with Gasteiger partial charge in [-0.15, -0.1) is 5.10 Å². The molecule has 45 heavy (non-hydrogen) atoms. The summed E-state index contributed by atoms with van der Waals surface area (Å²) in [6.45, 7) is -0.0704. The Morgan fingerprint density at radius 3 is 2.27 bits per heavy atom. The molecule has 0 aromatic carbocycles. The summed E-state index contributed by atoms with van der Waals surface area (Å²) >= 11 is 0. The van der Waals surface area contributed by atoms with E-state index in [9.17, 15) is 43.2 Å². The number of hydrogen-bond donors (Lipinski definition) is 7. The number of ether oxygens (including phenoxy) is 3. The summed E-state index contributed by atoms with van der Waals surface area (Å²) in [6.07, 6.45) is -8.01. The van der Waals surface area contributed by atoms with Crippen molar-refractivity contribution in [2.75, 3.05) is 6.54 Å². The highest BCUT2D eigenvalue weighted by Gasteiger charge is 2.52. The number of alkyl halides is 3. The lowest BCUT2D eigenvalue weighted by molar-refractivity contribution is -0.224. The molecular weight excluding hydrogens is 617 g/mol. The molecule has 0 radical (unpaired) electrons. The first-order chi connectivity index (χ1) is 21.2. The van der Waals surface area contributed by atoms with Crippen LogP contribution in [0.3, 0.4) is 0 Å². The molecule has 17 nitrogen and oxygen atoms in total. The molecule has 2 saturated heterocycles. The first kappa shape index (κ1) is 34.6. The van der Waals surface area contributed by atoms with E-state index in [1.165, 1.54) is 0 Å². The van der Waals surface area contributed by atoms with Crippen molar-refractivity contribution in [2.24, 2.45) is 5.73 Å². The zero-order valence-electron chi connectivity index (χ0n) is 23.6. The largest absolute Gasteiger partial charge is 0.490 e. The van der Waals surface area contributed by atoms with Gasteiger partial charge in [-0.1, -0.05) is 30.9 Å². The van der Waals surface area contributed by atoms with Gasteiger partial charge in [-0.2, -0.15) is 13.2 Å². The number of halogens is 3. The molecule has 5 rings (SSSR count). The minimum Gasteiger partial charge on any atom is -0.475 e. The van der Waals surface area contributed by atoms with Gasteiger partial charge < -0.3 is 45.5 Å². The van der Waals surface area contributed by atoms with Gasteiger partial charge in [0.25, 0.3) is 5.56 Å². The lowest BCUT2D eigenvalue weighted by atomic mass is 10.0. The molecule has 8 N–H and O–H groups in total. The summed E-state index contributed by atoms with van der Waals surface area (Å²) in [6, 6.07) is 1.21. The van der Waals surface area contributed by atoms with Crippen molar-refractivity contribution < 1.29 is 57.7 Å². The zero-order chi connectivity index (χ0) is 33.1. The molecule has 1 saturated carbocycles. The van der Waals surface area contributed by atoms with Crippen LogP contribution in [0.5, 0.6) is 0 Å². The maximum atomic E-state index is 12.3. The van der Waals surface area contributed by atoms with Gasteiger partial charge >= 0.3 is 17.8 Å². The topological polar surface area (TPSA) is 257 Å². The second-order valence-corrected chi connectivity index (χ2v) is 10.9. The molecule has 2 aromatic heterocycles. The van der Waals surface area contributed by atoms with E-state index in [2.05, 4.69) is 15.3 Å². The third-order valence-corrected chi connectivity index (χ3v) is 7.79. The van der Waals surface area contributed by atoms with Crippen molar-refractivity contribution in [2.45, 2.75) is 106 Å². The Morgan fingerprint density at radius 2 is 1.71 bits per heavy atom. The highest BCUT2D eigenvalue weighted by atomic mass is 19.4. The summed E-state index contributed by atoms with van der Waals surface area (Å²) in [5, 5.41) is 58.2. The van der Waals surface area contributed by atoms with Crippen molar-refractivity contribution in [3.05, 3.63) is 45.0 Å². The maximum Gasteiger partial charge on any atom is 0.490 e. The van der Waals surface area contributed by atoms with Crippen LogP contribution in [-0.4, -0.2) is 112 Å². The number of nitrogens with zero attached hydrogens (tertiary/aromatic N) is 4. The van der Waals surface area contributed by atoms with Crippen LogP contribution < -0.4 is 17.0 Å². The number of nitrogens with two attached hydrogens (primary N) is 1. The molecule has 0 amide bonds. The Balaban J connectivity index is 0.000000591. The Hall–Kier alpha value is -3.24. The van der Waals surface area contributed by atoms with Gasteiger partial charge in [-0.3, -0.25) is 14.3 Å². The van der Waals surface area contributed by atoms with Crippen LogP contribution in [-0.2, 0) is 19.0 Å². The molecule has 2 aromatic rings. The fraction of sp³-hybridized carbons (Fsp3) is 0.720. The number of rotatable bonds is 7. The molecule has 0 bridgehead atoms. The van der Waals surface area contributed by atoms with Gasteiger partial charge in [-0.25, -0.2) is 14.3 Å². The average molecular weight is 653 g/mol. The molecule has 0 unspecified atom stereocenters. The highest BCUT2D eigenvalue weighted by Crippen LogP contribution is 2.39. The molecule has 2 aliphatic heterocycles. The maximum absolute atomic E-state index is 12.3. The Kier molecular flexibility index (Phi) is 11.1. The summed E-state index contributed by atoms with van der Waals surface area (Å²) in [7, 11) is 0. The fourth-order valence-corrected chi connectivity index (χ4v) is 5.40. The molecule has 1 aliphatic carbocycles. The van der Waals surface area contributed by atoms with E-state index in [4.69, 9.17) is 29.8 Å². The number of aromatic amines is 1. The van der Waals surface area contributed by atoms with Crippen molar-refractivity contribution in [1.29, 1.82) is 0 Å². The summed E-state index contributed by atoms with van der Waals surface area (Å²) in [4.78, 5) is 34.8. The number of nitrogens with one attached hydrogen (secondary N) is 1. The van der Waals surface area contributed by atoms with Crippen molar-refractivity contribution in [3.8, 4) is 0 Å². The molecule has 3 aliphatic rings. The molecule has 3 fully saturated rings. The number of carbonyl (C=O) groups is 1. The molecule has 252 valence electrons. The van der Waals surface area contributed by atoms with Crippen LogP contribution in [0.25, 0.3) is 0 Å². The molecule has 9 atom stereocenters. The van der Waals surface area contributed by atoms with Gasteiger partial charge in [-0.05, 0) is 12.8 Å². The Labute approximate surface area is 251 Å². The van der Waals surface area contributed by atoms with Gasteiger partial charge in [0.2, 0.25) is 0 Å². The minimum absolute atomic E-state index is 0.0704. The van der Waals surface area contributed by atoms with Gasteiger partial charge in [0, 0.05) is 18.8 Å². The molecular formula is C25H35F3N6O11. The van der Waals surface area contributed by atoms with Crippen LogP contribution in [0.4, 0.5) is 13.2 Å². The van der Waals surface area contributed by atoms with Crippen LogP contribution in [0.15, 0.2) is 28.0 Å². The lowest BCUT2D eigenvalue weighted by Crippen LogP contribution is -2.40. The fourth-order valence-electron chi connectivity index (χ4n) is 5.40. The smallest absolute Gasteiger partial charge is 0.475 e. The summed E-state index contributed by atoms with van der Waals surface area (Å²) < 4.78 is 52.0. The van der Waals surface area contributed by atoms with Gasteiger partial charge in [0.05, 0.1) is 12.2 Å². The van der Waals surface area contributed by atoms with E-state index in [1.54, 1.807) is 10.9 Å².